The zero-order valence-electron chi connectivity index (χ0n) is 10.4. The number of phenolic OH excluding ortho intramolecular Hbond substituents is 1. The highest BCUT2D eigenvalue weighted by Gasteiger charge is 2.48. The van der Waals surface area contributed by atoms with Gasteiger partial charge in [-0.2, -0.15) is 0 Å². The molecule has 1 spiro atoms. The Morgan fingerprint density at radius 3 is 2.76 bits per heavy atom. The summed E-state index contributed by atoms with van der Waals surface area (Å²) in [6.07, 6.45) is 2.39. The predicted octanol–water partition coefficient (Wildman–Crippen LogP) is 2.14. The number of nitrogens with zero attached hydrogens (tertiary/aromatic N) is 1. The van der Waals surface area contributed by atoms with Crippen LogP contribution in [0.25, 0.3) is 0 Å². The van der Waals surface area contributed by atoms with Crippen molar-refractivity contribution in [3.8, 4) is 11.5 Å². The molecule has 0 amide bonds. The molecule has 1 aromatic carbocycles. The van der Waals surface area contributed by atoms with Crippen molar-refractivity contribution >= 4 is 0 Å². The Morgan fingerprint density at radius 1 is 1.35 bits per heavy atom. The molecular formula is C14H19NO2. The molecule has 0 aromatic heterocycles. The molecule has 3 heteroatoms. The van der Waals surface area contributed by atoms with E-state index < -0.39 is 0 Å². The lowest BCUT2D eigenvalue weighted by Crippen LogP contribution is -2.46. The number of ether oxygens (including phenoxy) is 1. The Hall–Kier alpha value is -1.22. The van der Waals surface area contributed by atoms with Gasteiger partial charge in [0, 0.05) is 11.0 Å². The molecule has 2 aliphatic rings. The van der Waals surface area contributed by atoms with E-state index in [1.165, 1.54) is 5.56 Å². The molecule has 1 N–H and O–H groups in total. The summed E-state index contributed by atoms with van der Waals surface area (Å²) < 4.78 is 5.90. The largest absolute Gasteiger partial charge is 0.504 e. The lowest BCUT2D eigenvalue weighted by molar-refractivity contribution is 0.0971. The van der Waals surface area contributed by atoms with E-state index >= 15 is 0 Å². The van der Waals surface area contributed by atoms with E-state index in [4.69, 9.17) is 4.74 Å². The summed E-state index contributed by atoms with van der Waals surface area (Å²) in [6, 6.07) is 5.75. The summed E-state index contributed by atoms with van der Waals surface area (Å²) in [7, 11) is 2.16. The number of para-hydroxylation sites is 1. The van der Waals surface area contributed by atoms with Gasteiger partial charge in [0.05, 0.1) is 0 Å². The number of hydrogen-bond donors (Lipinski definition) is 1. The van der Waals surface area contributed by atoms with Crippen LogP contribution >= 0.6 is 0 Å². The third-order valence-electron chi connectivity index (χ3n) is 4.48. The van der Waals surface area contributed by atoms with Crippen molar-refractivity contribution in [3.05, 3.63) is 23.8 Å². The molecule has 17 heavy (non-hydrogen) atoms. The second-order valence-corrected chi connectivity index (χ2v) is 5.37. The fraction of sp³-hybridized carbons (Fsp3) is 0.571. The average Bonchev–Trinajstić information content (AvgIpc) is 2.59. The van der Waals surface area contributed by atoms with Crippen LogP contribution in [0.1, 0.15) is 25.3 Å². The first-order valence-corrected chi connectivity index (χ1v) is 6.31. The van der Waals surface area contributed by atoms with Crippen molar-refractivity contribution in [2.75, 3.05) is 20.1 Å². The molecule has 3 nitrogen and oxygen atoms in total. The van der Waals surface area contributed by atoms with Gasteiger partial charge in [0.2, 0.25) is 0 Å². The molecular weight excluding hydrogens is 214 g/mol. The van der Waals surface area contributed by atoms with Crippen LogP contribution in [0.3, 0.4) is 0 Å². The topological polar surface area (TPSA) is 32.7 Å². The Morgan fingerprint density at radius 2 is 2.06 bits per heavy atom. The second-order valence-electron chi connectivity index (χ2n) is 5.37. The predicted molar refractivity (Wildman–Crippen MR) is 66.6 cm³/mol. The molecule has 3 rings (SSSR count). The van der Waals surface area contributed by atoms with E-state index in [9.17, 15) is 5.11 Å². The van der Waals surface area contributed by atoms with Gasteiger partial charge in [0.25, 0.3) is 0 Å². The number of piperidine rings is 1. The van der Waals surface area contributed by atoms with Gasteiger partial charge in [0.15, 0.2) is 11.5 Å². The molecule has 1 atom stereocenters. The Balaban J connectivity index is 2.05. The summed E-state index contributed by atoms with van der Waals surface area (Å²) >= 11 is 0. The summed E-state index contributed by atoms with van der Waals surface area (Å²) in [5, 5.41) is 9.88. The van der Waals surface area contributed by atoms with Crippen LogP contribution in [0.15, 0.2) is 18.2 Å². The smallest absolute Gasteiger partial charge is 0.165 e. The summed E-state index contributed by atoms with van der Waals surface area (Å²) in [6.45, 7) is 4.33. The SMILES string of the molecule is CC1Oc2c(O)cccc2C12CCN(C)CC2. The quantitative estimate of drug-likeness (QED) is 0.745. The minimum atomic E-state index is 0.112. The minimum Gasteiger partial charge on any atom is -0.504 e. The van der Waals surface area contributed by atoms with Crippen LogP contribution in [-0.2, 0) is 5.41 Å². The molecule has 0 radical (unpaired) electrons. The van der Waals surface area contributed by atoms with Crippen molar-refractivity contribution in [1.29, 1.82) is 0 Å². The van der Waals surface area contributed by atoms with Gasteiger partial charge < -0.3 is 14.7 Å². The van der Waals surface area contributed by atoms with Crippen LogP contribution < -0.4 is 4.74 Å². The molecule has 1 aromatic rings. The molecule has 92 valence electrons. The number of phenols is 1. The first-order chi connectivity index (χ1) is 8.13. The third-order valence-corrected chi connectivity index (χ3v) is 4.48. The van der Waals surface area contributed by atoms with Gasteiger partial charge in [-0.3, -0.25) is 0 Å². The van der Waals surface area contributed by atoms with Gasteiger partial charge in [-0.05, 0) is 46.0 Å². The first-order valence-electron chi connectivity index (χ1n) is 6.31. The van der Waals surface area contributed by atoms with Crippen LogP contribution in [0.4, 0.5) is 0 Å². The summed E-state index contributed by atoms with van der Waals surface area (Å²) in [4.78, 5) is 2.36. The van der Waals surface area contributed by atoms with E-state index in [1.807, 2.05) is 6.07 Å². The molecule has 1 unspecified atom stereocenters. The van der Waals surface area contributed by atoms with E-state index in [1.54, 1.807) is 6.07 Å². The number of likely N-dealkylation sites (tertiary alicyclic amines) is 1. The van der Waals surface area contributed by atoms with Crippen molar-refractivity contribution in [3.63, 3.8) is 0 Å². The van der Waals surface area contributed by atoms with Gasteiger partial charge >= 0.3 is 0 Å². The zero-order chi connectivity index (χ0) is 12.0. The molecule has 1 saturated heterocycles. The number of rotatable bonds is 0. The number of benzene rings is 1. The lowest BCUT2D eigenvalue weighted by Gasteiger charge is -2.39. The molecule has 0 saturated carbocycles. The number of hydrogen-bond acceptors (Lipinski definition) is 3. The molecule has 0 bridgehead atoms. The van der Waals surface area contributed by atoms with Crippen LogP contribution in [0.2, 0.25) is 0 Å². The van der Waals surface area contributed by atoms with Crippen molar-refractivity contribution in [1.82, 2.24) is 4.90 Å². The maximum absolute atomic E-state index is 9.88. The Kier molecular flexibility index (Phi) is 2.33. The van der Waals surface area contributed by atoms with E-state index in [0.717, 1.165) is 25.9 Å². The highest BCUT2D eigenvalue weighted by molar-refractivity contribution is 5.53. The van der Waals surface area contributed by atoms with E-state index in [0.29, 0.717) is 5.75 Å². The maximum Gasteiger partial charge on any atom is 0.165 e. The van der Waals surface area contributed by atoms with Crippen LogP contribution in [0, 0.1) is 0 Å². The summed E-state index contributed by atoms with van der Waals surface area (Å²) in [5.74, 6) is 0.995. The van der Waals surface area contributed by atoms with E-state index in [2.05, 4.69) is 24.9 Å². The monoisotopic (exact) mass is 233 g/mol. The van der Waals surface area contributed by atoms with Crippen molar-refractivity contribution in [2.45, 2.75) is 31.3 Å². The second kappa shape index (κ2) is 3.64. The summed E-state index contributed by atoms with van der Waals surface area (Å²) in [5.41, 5.74) is 1.32. The normalized spacial score (nSPS) is 26.8. The minimum absolute atomic E-state index is 0.112. The van der Waals surface area contributed by atoms with Gasteiger partial charge in [-0.25, -0.2) is 0 Å². The molecule has 1 fully saturated rings. The molecule has 2 heterocycles. The first kappa shape index (κ1) is 10.9. The maximum atomic E-state index is 9.88. The van der Waals surface area contributed by atoms with Crippen LogP contribution in [0.5, 0.6) is 11.5 Å². The standard InChI is InChI=1S/C14H19NO2/c1-10-14(6-8-15(2)9-7-14)11-4-3-5-12(16)13(11)17-10/h3-5,10,16H,6-9H2,1-2H3. The van der Waals surface area contributed by atoms with Crippen molar-refractivity contribution in [2.24, 2.45) is 0 Å². The van der Waals surface area contributed by atoms with Gasteiger partial charge in [-0.15, -0.1) is 0 Å². The average molecular weight is 233 g/mol. The van der Waals surface area contributed by atoms with E-state index in [-0.39, 0.29) is 17.3 Å². The van der Waals surface area contributed by atoms with Gasteiger partial charge in [0.1, 0.15) is 6.10 Å². The third kappa shape index (κ3) is 1.45. The lowest BCUT2D eigenvalue weighted by atomic mass is 9.70. The molecule has 2 aliphatic heterocycles. The number of aromatic hydroxyl groups is 1. The highest BCUT2D eigenvalue weighted by atomic mass is 16.5. The molecule has 0 aliphatic carbocycles. The number of fused-ring (bicyclic) bond motifs is 2. The fourth-order valence-electron chi connectivity index (χ4n) is 3.24. The van der Waals surface area contributed by atoms with Crippen molar-refractivity contribution < 1.29 is 9.84 Å². The van der Waals surface area contributed by atoms with Crippen LogP contribution in [-0.4, -0.2) is 36.2 Å². The zero-order valence-corrected chi connectivity index (χ0v) is 10.4. The van der Waals surface area contributed by atoms with Gasteiger partial charge in [-0.1, -0.05) is 12.1 Å². The Bertz CT molecular complexity index is 436. The highest BCUT2D eigenvalue weighted by Crippen LogP contribution is 2.52. The fourth-order valence-corrected chi connectivity index (χ4v) is 3.24. The Labute approximate surface area is 102 Å².